The summed E-state index contributed by atoms with van der Waals surface area (Å²) in [6.07, 6.45) is 3.04. The first-order valence-corrected chi connectivity index (χ1v) is 6.36. The van der Waals surface area contributed by atoms with Gasteiger partial charge in [-0.25, -0.2) is 0 Å². The summed E-state index contributed by atoms with van der Waals surface area (Å²) in [4.78, 5) is 34.2. The van der Waals surface area contributed by atoms with Gasteiger partial charge in [-0.05, 0) is 12.5 Å². The molecule has 0 saturated carbocycles. The first-order valence-electron chi connectivity index (χ1n) is 6.36. The number of pyridine rings is 1. The van der Waals surface area contributed by atoms with E-state index in [1.165, 1.54) is 10.6 Å². The van der Waals surface area contributed by atoms with Gasteiger partial charge in [0.15, 0.2) is 0 Å². The summed E-state index contributed by atoms with van der Waals surface area (Å²) in [6, 6.07) is 4.89. The van der Waals surface area contributed by atoms with E-state index in [1.807, 2.05) is 0 Å². The van der Waals surface area contributed by atoms with E-state index < -0.39 is 0 Å². The highest BCUT2D eigenvalue weighted by molar-refractivity contribution is 5.78. The van der Waals surface area contributed by atoms with Gasteiger partial charge in [0, 0.05) is 44.2 Å². The quantitative estimate of drug-likeness (QED) is 0.778. The summed E-state index contributed by atoms with van der Waals surface area (Å²) >= 11 is 0. The molecule has 0 radical (unpaired) electrons. The van der Waals surface area contributed by atoms with Crippen LogP contribution in [0.4, 0.5) is 0 Å². The van der Waals surface area contributed by atoms with Crippen LogP contribution in [0.1, 0.15) is 19.3 Å². The molecule has 1 unspecified atom stereocenters. The molecular weight excluding hydrogens is 246 g/mol. The number of nitrogens with zero attached hydrogens (tertiary/aromatic N) is 1. The van der Waals surface area contributed by atoms with Crippen LogP contribution in [0.2, 0.25) is 0 Å². The summed E-state index contributed by atoms with van der Waals surface area (Å²) < 4.78 is 1.50. The van der Waals surface area contributed by atoms with Crippen molar-refractivity contribution in [1.82, 2.24) is 15.2 Å². The first-order chi connectivity index (χ1) is 9.15. The molecule has 2 amide bonds. The number of aryl methyl sites for hydroxylation is 1. The summed E-state index contributed by atoms with van der Waals surface area (Å²) in [5.41, 5.74) is -0.111. The number of amides is 2. The molecule has 2 rings (SSSR count). The number of carbonyl (C=O) groups excluding carboxylic acids is 2. The number of aromatic nitrogens is 1. The highest BCUT2D eigenvalue weighted by Crippen LogP contribution is 2.02. The Bertz CT molecular complexity index is 514. The molecule has 1 aromatic heterocycles. The van der Waals surface area contributed by atoms with Gasteiger partial charge in [0.05, 0.1) is 0 Å². The van der Waals surface area contributed by atoms with Crippen LogP contribution in [0, 0.1) is 0 Å². The fraction of sp³-hybridized carbons (Fsp3) is 0.462. The maximum absolute atomic E-state index is 11.7. The molecule has 1 aromatic rings. The molecule has 0 aliphatic carbocycles. The van der Waals surface area contributed by atoms with E-state index in [0.717, 1.165) is 0 Å². The van der Waals surface area contributed by atoms with E-state index in [1.54, 1.807) is 18.3 Å². The number of carbonyl (C=O) groups is 2. The molecule has 19 heavy (non-hydrogen) atoms. The number of rotatable bonds is 4. The second-order valence-electron chi connectivity index (χ2n) is 4.59. The van der Waals surface area contributed by atoms with Gasteiger partial charge in [-0.15, -0.1) is 0 Å². The van der Waals surface area contributed by atoms with Crippen LogP contribution in [0.25, 0.3) is 0 Å². The minimum atomic E-state index is -0.111. The summed E-state index contributed by atoms with van der Waals surface area (Å²) in [5.74, 6) is -0.0711. The molecule has 1 fully saturated rings. The van der Waals surface area contributed by atoms with Crippen molar-refractivity contribution < 1.29 is 9.59 Å². The predicted octanol–water partition coefficient (Wildman–Crippen LogP) is -0.367. The Balaban J connectivity index is 1.77. The molecule has 1 saturated heterocycles. The first kappa shape index (κ1) is 13.3. The molecule has 2 N–H and O–H groups in total. The minimum absolute atomic E-state index is 0.00213. The average Bonchev–Trinajstić information content (AvgIpc) is 2.40. The standard InChI is InChI=1S/C13H17N3O3/c17-11-5-4-10(9-14-11)15-12(18)6-8-16-7-2-1-3-13(16)19/h1-3,7,10H,4-6,8-9H2,(H,14,17)(H,15,18). The second-order valence-corrected chi connectivity index (χ2v) is 4.59. The smallest absolute Gasteiger partial charge is 0.250 e. The lowest BCUT2D eigenvalue weighted by molar-refractivity contribution is -0.125. The van der Waals surface area contributed by atoms with Crippen molar-refractivity contribution in [2.45, 2.75) is 31.8 Å². The summed E-state index contributed by atoms with van der Waals surface area (Å²) in [6.45, 7) is 0.848. The lowest BCUT2D eigenvalue weighted by atomic mass is 10.1. The fourth-order valence-electron chi connectivity index (χ4n) is 2.02. The van der Waals surface area contributed by atoms with Gasteiger partial charge >= 0.3 is 0 Å². The third-order valence-electron chi connectivity index (χ3n) is 3.11. The largest absolute Gasteiger partial charge is 0.354 e. The Morgan fingerprint density at radius 3 is 2.95 bits per heavy atom. The highest BCUT2D eigenvalue weighted by Gasteiger charge is 2.19. The van der Waals surface area contributed by atoms with Gasteiger partial charge in [0.2, 0.25) is 11.8 Å². The zero-order chi connectivity index (χ0) is 13.7. The van der Waals surface area contributed by atoms with Gasteiger partial charge in [-0.3, -0.25) is 14.4 Å². The SMILES string of the molecule is O=C1CCC(NC(=O)CCn2ccccc2=O)CN1. The van der Waals surface area contributed by atoms with Crippen LogP contribution in [0.15, 0.2) is 29.2 Å². The van der Waals surface area contributed by atoms with Gasteiger partial charge in [0.1, 0.15) is 0 Å². The zero-order valence-corrected chi connectivity index (χ0v) is 10.6. The molecule has 1 atom stereocenters. The van der Waals surface area contributed by atoms with Crippen molar-refractivity contribution >= 4 is 11.8 Å². The van der Waals surface area contributed by atoms with E-state index in [4.69, 9.17) is 0 Å². The van der Waals surface area contributed by atoms with E-state index in [2.05, 4.69) is 10.6 Å². The molecule has 0 aromatic carbocycles. The van der Waals surface area contributed by atoms with Gasteiger partial charge in [-0.1, -0.05) is 6.07 Å². The molecule has 102 valence electrons. The van der Waals surface area contributed by atoms with Crippen molar-refractivity contribution in [3.05, 3.63) is 34.7 Å². The molecule has 2 heterocycles. The van der Waals surface area contributed by atoms with Crippen LogP contribution in [0.5, 0.6) is 0 Å². The molecular formula is C13H17N3O3. The molecule has 6 heteroatoms. The maximum atomic E-state index is 11.7. The Labute approximate surface area is 110 Å². The third kappa shape index (κ3) is 3.94. The van der Waals surface area contributed by atoms with Crippen molar-refractivity contribution in [3.63, 3.8) is 0 Å². The van der Waals surface area contributed by atoms with E-state index >= 15 is 0 Å². The van der Waals surface area contributed by atoms with Crippen LogP contribution in [0.3, 0.4) is 0 Å². The van der Waals surface area contributed by atoms with E-state index in [0.29, 0.717) is 25.9 Å². The highest BCUT2D eigenvalue weighted by atomic mass is 16.2. The van der Waals surface area contributed by atoms with Gasteiger partial charge in [0.25, 0.3) is 5.56 Å². The van der Waals surface area contributed by atoms with E-state index in [9.17, 15) is 14.4 Å². The molecule has 0 bridgehead atoms. The summed E-state index contributed by atoms with van der Waals surface area (Å²) in [7, 11) is 0. The number of nitrogens with one attached hydrogen (secondary N) is 2. The molecule has 1 aliphatic rings. The van der Waals surface area contributed by atoms with Crippen molar-refractivity contribution in [2.75, 3.05) is 6.54 Å². The van der Waals surface area contributed by atoms with Gasteiger partial charge < -0.3 is 15.2 Å². The molecule has 6 nitrogen and oxygen atoms in total. The third-order valence-corrected chi connectivity index (χ3v) is 3.11. The Morgan fingerprint density at radius 1 is 1.42 bits per heavy atom. The Hall–Kier alpha value is -2.11. The monoisotopic (exact) mass is 263 g/mol. The van der Waals surface area contributed by atoms with Gasteiger partial charge in [-0.2, -0.15) is 0 Å². The van der Waals surface area contributed by atoms with Crippen molar-refractivity contribution in [3.8, 4) is 0 Å². The summed E-state index contributed by atoms with van der Waals surface area (Å²) in [5, 5.41) is 5.57. The lowest BCUT2D eigenvalue weighted by Crippen LogP contribution is -2.47. The van der Waals surface area contributed by atoms with Crippen molar-refractivity contribution in [1.29, 1.82) is 0 Å². The molecule has 1 aliphatic heterocycles. The van der Waals surface area contributed by atoms with Crippen LogP contribution in [-0.2, 0) is 16.1 Å². The normalized spacial score (nSPS) is 18.7. The lowest BCUT2D eigenvalue weighted by Gasteiger charge is -2.23. The van der Waals surface area contributed by atoms with E-state index in [-0.39, 0.29) is 29.8 Å². The number of piperidine rings is 1. The second kappa shape index (κ2) is 6.17. The van der Waals surface area contributed by atoms with Crippen LogP contribution in [-0.4, -0.2) is 29.0 Å². The predicted molar refractivity (Wildman–Crippen MR) is 69.5 cm³/mol. The minimum Gasteiger partial charge on any atom is -0.354 e. The fourth-order valence-corrected chi connectivity index (χ4v) is 2.02. The molecule has 0 spiro atoms. The Kier molecular flexibility index (Phi) is 4.33. The van der Waals surface area contributed by atoms with Crippen molar-refractivity contribution in [2.24, 2.45) is 0 Å². The van der Waals surface area contributed by atoms with Crippen LogP contribution >= 0.6 is 0 Å². The van der Waals surface area contributed by atoms with Crippen LogP contribution < -0.4 is 16.2 Å². The topological polar surface area (TPSA) is 80.2 Å². The number of hydrogen-bond acceptors (Lipinski definition) is 3. The number of hydrogen-bond donors (Lipinski definition) is 2. The zero-order valence-electron chi connectivity index (χ0n) is 10.6. The average molecular weight is 263 g/mol. The Morgan fingerprint density at radius 2 is 2.26 bits per heavy atom. The maximum Gasteiger partial charge on any atom is 0.250 e.